The maximum absolute atomic E-state index is 3.77. The minimum atomic E-state index is 1.01. The highest BCUT2D eigenvalue weighted by Gasteiger charge is 2.06. The Kier molecular flexibility index (Phi) is 11.2. The van der Waals surface area contributed by atoms with Crippen molar-refractivity contribution in [2.75, 3.05) is 0 Å². The summed E-state index contributed by atoms with van der Waals surface area (Å²) in [5, 5.41) is 0. The van der Waals surface area contributed by atoms with Crippen molar-refractivity contribution in [3.05, 3.63) is 78.6 Å². The van der Waals surface area contributed by atoms with Gasteiger partial charge >= 0.3 is 0 Å². The van der Waals surface area contributed by atoms with E-state index in [1.54, 1.807) is 0 Å². The molecule has 0 saturated heterocycles. The third-order valence-electron chi connectivity index (χ3n) is 3.23. The van der Waals surface area contributed by atoms with E-state index in [2.05, 4.69) is 79.9 Å². The first kappa shape index (κ1) is 20.9. The summed E-state index contributed by atoms with van der Waals surface area (Å²) in [5.74, 6) is 0. The van der Waals surface area contributed by atoms with Gasteiger partial charge in [0.25, 0.3) is 0 Å². The van der Waals surface area contributed by atoms with Crippen LogP contribution in [-0.4, -0.2) is 0 Å². The second-order valence-corrected chi connectivity index (χ2v) is 4.61. The summed E-state index contributed by atoms with van der Waals surface area (Å²) in [6.07, 6.45) is 9.14. The molecule has 0 fully saturated rings. The normalized spacial score (nSPS) is 9.91. The van der Waals surface area contributed by atoms with Crippen LogP contribution in [0.15, 0.2) is 67.5 Å². The van der Waals surface area contributed by atoms with Crippen molar-refractivity contribution in [2.24, 2.45) is 0 Å². The Morgan fingerprint density at radius 1 is 0.957 bits per heavy atom. The zero-order valence-electron chi connectivity index (χ0n) is 15.6. The second kappa shape index (κ2) is 12.4. The number of pyridine rings is 1. The Balaban J connectivity index is 0.00000112. The first-order valence-corrected chi connectivity index (χ1v) is 8.65. The minimum absolute atomic E-state index is 1.01. The summed E-state index contributed by atoms with van der Waals surface area (Å²) >= 11 is 0. The predicted octanol–water partition coefficient (Wildman–Crippen LogP) is 6.30. The van der Waals surface area contributed by atoms with Crippen LogP contribution in [0.1, 0.15) is 52.2 Å². The smallest absolute Gasteiger partial charge is 0.167 e. The predicted molar refractivity (Wildman–Crippen MR) is 104 cm³/mol. The largest absolute Gasteiger partial charge is 0.210 e. The Morgan fingerprint density at radius 2 is 1.48 bits per heavy atom. The van der Waals surface area contributed by atoms with Crippen LogP contribution in [0.4, 0.5) is 0 Å². The average molecular weight is 311 g/mol. The fourth-order valence-corrected chi connectivity index (χ4v) is 2.09. The molecule has 124 valence electrons. The van der Waals surface area contributed by atoms with E-state index in [1.807, 2.05) is 33.8 Å². The van der Waals surface area contributed by atoms with Crippen LogP contribution in [0.2, 0.25) is 0 Å². The van der Waals surface area contributed by atoms with E-state index in [4.69, 9.17) is 0 Å². The monoisotopic (exact) mass is 310 g/mol. The van der Waals surface area contributed by atoms with Crippen molar-refractivity contribution in [2.45, 2.75) is 48.0 Å². The van der Waals surface area contributed by atoms with Gasteiger partial charge in [0.2, 0.25) is 5.69 Å². The van der Waals surface area contributed by atoms with Crippen LogP contribution < -0.4 is 4.57 Å². The number of benzene rings is 1. The van der Waals surface area contributed by atoms with E-state index in [1.165, 1.54) is 22.4 Å². The van der Waals surface area contributed by atoms with Crippen molar-refractivity contribution in [3.63, 3.8) is 0 Å². The number of rotatable bonds is 4. The van der Waals surface area contributed by atoms with Gasteiger partial charge in [0.15, 0.2) is 12.4 Å². The van der Waals surface area contributed by atoms with Crippen LogP contribution >= 0.6 is 0 Å². The van der Waals surface area contributed by atoms with Gasteiger partial charge in [-0.2, -0.15) is 4.57 Å². The Bertz CT molecular complexity index is 574. The van der Waals surface area contributed by atoms with Gasteiger partial charge in [-0.1, -0.05) is 71.0 Å². The van der Waals surface area contributed by atoms with Crippen molar-refractivity contribution in [1.82, 2.24) is 0 Å². The molecule has 0 radical (unpaired) electrons. The molecule has 2 rings (SSSR count). The maximum atomic E-state index is 3.77. The third-order valence-corrected chi connectivity index (χ3v) is 3.23. The zero-order valence-corrected chi connectivity index (χ0v) is 15.6. The Labute approximate surface area is 143 Å². The molecule has 0 aliphatic carbocycles. The lowest BCUT2D eigenvalue weighted by molar-refractivity contribution is -0.595. The number of aromatic nitrogens is 1. The molecule has 1 heterocycles. The van der Waals surface area contributed by atoms with Gasteiger partial charge in [-0.05, 0) is 24.5 Å². The van der Waals surface area contributed by atoms with E-state index in [-0.39, 0.29) is 0 Å². The van der Waals surface area contributed by atoms with Crippen LogP contribution in [-0.2, 0) is 0 Å². The molecule has 1 nitrogen and oxygen atoms in total. The van der Waals surface area contributed by atoms with Crippen molar-refractivity contribution in [3.8, 4) is 5.69 Å². The van der Waals surface area contributed by atoms with E-state index in [0.29, 0.717) is 0 Å². The van der Waals surface area contributed by atoms with Crippen LogP contribution in [0.5, 0.6) is 0 Å². The molecule has 0 N–H and O–H groups in total. The van der Waals surface area contributed by atoms with Crippen LogP contribution in [0, 0.1) is 6.92 Å². The number of hydrogen-bond acceptors (Lipinski definition) is 0. The third kappa shape index (κ3) is 6.65. The molecular weight excluding hydrogens is 278 g/mol. The van der Waals surface area contributed by atoms with E-state index < -0.39 is 0 Å². The average Bonchev–Trinajstić information content (AvgIpc) is 2.64. The Hall–Kier alpha value is -2.15. The lowest BCUT2D eigenvalue weighted by atomic mass is 10.0. The van der Waals surface area contributed by atoms with Crippen molar-refractivity contribution in [1.29, 1.82) is 0 Å². The molecule has 1 heteroatoms. The highest BCUT2D eigenvalue weighted by Crippen LogP contribution is 2.16. The SMILES string of the molecule is C=C/C=C(\CC)c1cc[n+](-c2ccc(C)cc2)cc1.CC.CC. The molecule has 2 aromatic rings. The molecule has 1 aromatic heterocycles. The van der Waals surface area contributed by atoms with Crippen molar-refractivity contribution < 1.29 is 4.57 Å². The zero-order chi connectivity index (χ0) is 17.7. The minimum Gasteiger partial charge on any atom is -0.167 e. The summed E-state index contributed by atoms with van der Waals surface area (Å²) in [4.78, 5) is 0. The van der Waals surface area contributed by atoms with E-state index >= 15 is 0 Å². The van der Waals surface area contributed by atoms with E-state index in [0.717, 1.165) is 6.42 Å². The molecule has 0 aliphatic rings. The molecular formula is C22H32N+. The van der Waals surface area contributed by atoms with Gasteiger partial charge in [0.1, 0.15) is 0 Å². The molecule has 0 saturated carbocycles. The second-order valence-electron chi connectivity index (χ2n) is 4.61. The highest BCUT2D eigenvalue weighted by molar-refractivity contribution is 5.66. The molecule has 0 spiro atoms. The van der Waals surface area contributed by atoms with Gasteiger partial charge in [-0.15, -0.1) is 0 Å². The lowest BCUT2D eigenvalue weighted by Crippen LogP contribution is -2.29. The van der Waals surface area contributed by atoms with E-state index in [9.17, 15) is 0 Å². The summed E-state index contributed by atoms with van der Waals surface area (Å²) in [6, 6.07) is 12.8. The summed E-state index contributed by atoms with van der Waals surface area (Å²) in [6.45, 7) is 16.0. The quantitative estimate of drug-likeness (QED) is 0.460. The Morgan fingerprint density at radius 3 is 1.91 bits per heavy atom. The molecule has 0 unspecified atom stereocenters. The number of hydrogen-bond donors (Lipinski definition) is 0. The van der Waals surface area contributed by atoms with Gasteiger partial charge in [-0.25, -0.2) is 0 Å². The van der Waals surface area contributed by atoms with Gasteiger partial charge < -0.3 is 0 Å². The fourth-order valence-electron chi connectivity index (χ4n) is 2.09. The van der Waals surface area contributed by atoms with Crippen LogP contribution in [0.25, 0.3) is 11.3 Å². The summed E-state index contributed by atoms with van der Waals surface area (Å²) < 4.78 is 2.13. The van der Waals surface area contributed by atoms with Gasteiger partial charge in [-0.3, -0.25) is 0 Å². The molecule has 0 amide bonds. The van der Waals surface area contributed by atoms with Crippen molar-refractivity contribution >= 4 is 5.57 Å². The molecule has 23 heavy (non-hydrogen) atoms. The fraction of sp³-hybridized carbons (Fsp3) is 0.318. The summed E-state index contributed by atoms with van der Waals surface area (Å²) in [7, 11) is 0. The molecule has 0 atom stereocenters. The standard InChI is InChI=1S/C18H20N.2C2H6/c1-4-6-16(5-2)17-11-13-19(14-12-17)18-9-7-15(3)8-10-18;2*1-2/h4,6-14H,1,5H2,2-3H3;2*1-2H3/q+1;;/b16-6+;;. The molecule has 0 bridgehead atoms. The summed E-state index contributed by atoms with van der Waals surface area (Å²) in [5.41, 5.74) is 5.03. The topological polar surface area (TPSA) is 3.88 Å². The number of allylic oxidation sites excluding steroid dienone is 3. The number of nitrogens with zero attached hydrogens (tertiary/aromatic N) is 1. The maximum Gasteiger partial charge on any atom is 0.210 e. The first-order chi connectivity index (χ1) is 11.2. The first-order valence-electron chi connectivity index (χ1n) is 8.65. The molecule has 0 aliphatic heterocycles. The van der Waals surface area contributed by atoms with Crippen LogP contribution in [0.3, 0.4) is 0 Å². The highest BCUT2D eigenvalue weighted by atomic mass is 14.9. The lowest BCUT2D eigenvalue weighted by Gasteiger charge is -2.03. The molecule has 1 aromatic carbocycles. The number of aryl methyl sites for hydroxylation is 1. The van der Waals surface area contributed by atoms with Gasteiger partial charge in [0, 0.05) is 24.3 Å². The van der Waals surface area contributed by atoms with Gasteiger partial charge in [0.05, 0.1) is 0 Å².